The van der Waals surface area contributed by atoms with Gasteiger partial charge in [-0.25, -0.2) is 18.2 Å². The number of carbonyl (C=O) groups excluding carboxylic acids is 1. The van der Waals surface area contributed by atoms with Gasteiger partial charge in [-0.1, -0.05) is 0 Å². The molecule has 2 N–H and O–H groups in total. The fraction of sp³-hybridized carbons (Fsp3) is 0.211. The lowest BCUT2D eigenvalue weighted by Crippen LogP contribution is -2.25. The number of anilines is 1. The third-order valence-electron chi connectivity index (χ3n) is 4.49. The van der Waals surface area contributed by atoms with Crippen LogP contribution in [0.1, 0.15) is 27.2 Å². The Kier molecular flexibility index (Phi) is 4.82. The quantitative estimate of drug-likeness (QED) is 0.676. The van der Waals surface area contributed by atoms with Gasteiger partial charge in [-0.15, -0.1) is 0 Å². The van der Waals surface area contributed by atoms with Crippen LogP contribution in [0.5, 0.6) is 0 Å². The Morgan fingerprint density at radius 2 is 1.93 bits per heavy atom. The number of benzene rings is 1. The van der Waals surface area contributed by atoms with Gasteiger partial charge in [0, 0.05) is 25.5 Å². The van der Waals surface area contributed by atoms with Crippen molar-refractivity contribution in [1.82, 2.24) is 19.9 Å². The summed E-state index contributed by atoms with van der Waals surface area (Å²) in [6.45, 7) is 1.66. The van der Waals surface area contributed by atoms with Gasteiger partial charge in [0.2, 0.25) is 0 Å². The topological polar surface area (TPSA) is 71.8 Å². The molecule has 3 heterocycles. The van der Waals surface area contributed by atoms with Crippen molar-refractivity contribution in [1.29, 1.82) is 0 Å². The van der Waals surface area contributed by atoms with E-state index in [9.17, 15) is 18.0 Å². The van der Waals surface area contributed by atoms with Crippen molar-refractivity contribution in [3.63, 3.8) is 0 Å². The summed E-state index contributed by atoms with van der Waals surface area (Å²) in [5.41, 5.74) is 2.69. The number of halogens is 3. The molecule has 1 aromatic carbocycles. The predicted molar refractivity (Wildman–Crippen MR) is 95.2 cm³/mol. The summed E-state index contributed by atoms with van der Waals surface area (Å²) in [5, 5.41) is 5.89. The van der Waals surface area contributed by atoms with Crippen LogP contribution in [-0.4, -0.2) is 27.0 Å². The Morgan fingerprint density at radius 3 is 2.71 bits per heavy atom. The van der Waals surface area contributed by atoms with E-state index < -0.39 is 23.4 Å². The highest BCUT2D eigenvalue weighted by atomic mass is 19.2. The van der Waals surface area contributed by atoms with Crippen LogP contribution in [0.15, 0.2) is 36.9 Å². The molecule has 2 aromatic heterocycles. The predicted octanol–water partition coefficient (Wildman–Crippen LogP) is 2.64. The molecule has 144 valence electrons. The van der Waals surface area contributed by atoms with E-state index in [1.165, 1.54) is 17.1 Å². The molecule has 6 nitrogen and oxygen atoms in total. The number of amides is 1. The Bertz CT molecular complexity index is 1030. The van der Waals surface area contributed by atoms with E-state index in [2.05, 4.69) is 20.6 Å². The Morgan fingerprint density at radius 1 is 1.14 bits per heavy atom. The molecule has 0 bridgehead atoms. The summed E-state index contributed by atoms with van der Waals surface area (Å²) < 4.78 is 41.2. The smallest absolute Gasteiger partial charge is 0.275 e. The van der Waals surface area contributed by atoms with Crippen LogP contribution in [0.4, 0.5) is 19.0 Å². The number of imidazole rings is 1. The van der Waals surface area contributed by atoms with Gasteiger partial charge in [0.05, 0.1) is 6.33 Å². The minimum atomic E-state index is -1.50. The fourth-order valence-electron chi connectivity index (χ4n) is 3.09. The molecule has 1 aliphatic heterocycles. The third-order valence-corrected chi connectivity index (χ3v) is 4.49. The van der Waals surface area contributed by atoms with Crippen molar-refractivity contribution in [3.8, 4) is 0 Å². The second kappa shape index (κ2) is 7.43. The van der Waals surface area contributed by atoms with Gasteiger partial charge in [-0.3, -0.25) is 9.78 Å². The summed E-state index contributed by atoms with van der Waals surface area (Å²) in [6, 6.07) is 3.61. The molecule has 28 heavy (non-hydrogen) atoms. The van der Waals surface area contributed by atoms with Crippen molar-refractivity contribution in [2.75, 3.05) is 11.9 Å². The van der Waals surface area contributed by atoms with Gasteiger partial charge in [-0.05, 0) is 47.9 Å². The summed E-state index contributed by atoms with van der Waals surface area (Å²) in [4.78, 5) is 20.7. The standard InChI is InChI=1S/C19H16F3N5O/c20-14-3-11(4-15(21)18(14)22)8-27-9-17(25-10-27)26-19(28)16-5-12-1-2-23-6-13(12)7-24-16/h3-5,7,9-10,23H,1-2,6,8H2,(H,26,28). The number of hydrogen-bond donors (Lipinski definition) is 2. The average molecular weight is 387 g/mol. The molecular formula is C19H16F3N5O. The molecule has 0 saturated heterocycles. The van der Waals surface area contributed by atoms with E-state index in [0.717, 1.165) is 42.8 Å². The highest BCUT2D eigenvalue weighted by Gasteiger charge is 2.15. The molecular weight excluding hydrogens is 371 g/mol. The highest BCUT2D eigenvalue weighted by Crippen LogP contribution is 2.17. The second-order valence-electron chi connectivity index (χ2n) is 6.52. The van der Waals surface area contributed by atoms with Crippen molar-refractivity contribution in [3.05, 3.63) is 76.8 Å². The van der Waals surface area contributed by atoms with E-state index >= 15 is 0 Å². The van der Waals surface area contributed by atoms with Crippen molar-refractivity contribution in [2.45, 2.75) is 19.5 Å². The van der Waals surface area contributed by atoms with Gasteiger partial charge in [0.15, 0.2) is 23.3 Å². The number of nitrogens with one attached hydrogen (secondary N) is 2. The number of aromatic nitrogens is 3. The molecule has 0 saturated carbocycles. The van der Waals surface area contributed by atoms with Crippen molar-refractivity contribution >= 4 is 11.7 Å². The Labute approximate surface area is 158 Å². The molecule has 0 unspecified atom stereocenters. The summed E-state index contributed by atoms with van der Waals surface area (Å²) in [5.74, 6) is -4.13. The molecule has 0 aliphatic carbocycles. The first-order valence-corrected chi connectivity index (χ1v) is 8.64. The van der Waals surface area contributed by atoms with E-state index in [-0.39, 0.29) is 23.6 Å². The maximum Gasteiger partial charge on any atom is 0.275 e. The average Bonchev–Trinajstić information content (AvgIpc) is 3.12. The van der Waals surface area contributed by atoms with Crippen LogP contribution in [0.2, 0.25) is 0 Å². The number of fused-ring (bicyclic) bond motifs is 1. The summed E-state index contributed by atoms with van der Waals surface area (Å²) >= 11 is 0. The normalized spacial score (nSPS) is 13.2. The minimum Gasteiger partial charge on any atom is -0.331 e. The number of pyridine rings is 1. The van der Waals surface area contributed by atoms with Gasteiger partial charge < -0.3 is 15.2 Å². The summed E-state index contributed by atoms with van der Waals surface area (Å²) in [7, 11) is 0. The van der Waals surface area contributed by atoms with Crippen LogP contribution < -0.4 is 10.6 Å². The zero-order valence-electron chi connectivity index (χ0n) is 14.7. The Hall–Kier alpha value is -3.20. The minimum absolute atomic E-state index is 0.0705. The highest BCUT2D eigenvalue weighted by molar-refractivity contribution is 6.02. The molecule has 0 atom stereocenters. The SMILES string of the molecule is O=C(Nc1cn(Cc2cc(F)c(F)c(F)c2)cn1)c1cc2c(cn1)CNCC2. The zero-order chi connectivity index (χ0) is 19.7. The number of nitrogens with zero attached hydrogens (tertiary/aromatic N) is 3. The van der Waals surface area contributed by atoms with Crippen molar-refractivity contribution < 1.29 is 18.0 Å². The largest absolute Gasteiger partial charge is 0.331 e. The van der Waals surface area contributed by atoms with Crippen LogP contribution in [-0.2, 0) is 19.5 Å². The monoisotopic (exact) mass is 387 g/mol. The van der Waals surface area contributed by atoms with Crippen LogP contribution >= 0.6 is 0 Å². The van der Waals surface area contributed by atoms with E-state index in [4.69, 9.17) is 0 Å². The number of hydrogen-bond acceptors (Lipinski definition) is 4. The molecule has 4 rings (SSSR count). The molecule has 0 spiro atoms. The maximum absolute atomic E-state index is 13.3. The van der Waals surface area contributed by atoms with Gasteiger partial charge in [0.1, 0.15) is 5.69 Å². The van der Waals surface area contributed by atoms with E-state index in [0.29, 0.717) is 0 Å². The zero-order valence-corrected chi connectivity index (χ0v) is 14.7. The lowest BCUT2D eigenvalue weighted by Gasteiger charge is -2.16. The first-order chi connectivity index (χ1) is 13.5. The third kappa shape index (κ3) is 3.74. The van der Waals surface area contributed by atoms with Gasteiger partial charge in [0.25, 0.3) is 5.91 Å². The molecule has 0 radical (unpaired) electrons. The molecule has 9 heteroatoms. The van der Waals surface area contributed by atoms with Gasteiger partial charge in [-0.2, -0.15) is 0 Å². The fourth-order valence-corrected chi connectivity index (χ4v) is 3.09. The molecule has 3 aromatic rings. The summed E-state index contributed by atoms with van der Waals surface area (Å²) in [6.07, 6.45) is 5.43. The number of carbonyl (C=O) groups is 1. The molecule has 1 aliphatic rings. The lowest BCUT2D eigenvalue weighted by molar-refractivity contribution is 0.102. The first kappa shape index (κ1) is 18.2. The molecule has 1 amide bonds. The van der Waals surface area contributed by atoms with Gasteiger partial charge >= 0.3 is 0 Å². The van der Waals surface area contributed by atoms with Crippen molar-refractivity contribution in [2.24, 2.45) is 0 Å². The van der Waals surface area contributed by atoms with E-state index in [1.54, 1.807) is 12.3 Å². The van der Waals surface area contributed by atoms with Crippen LogP contribution in [0.25, 0.3) is 0 Å². The lowest BCUT2D eigenvalue weighted by atomic mass is 10.0. The Balaban J connectivity index is 1.45. The number of rotatable bonds is 4. The van der Waals surface area contributed by atoms with Crippen LogP contribution in [0.3, 0.4) is 0 Å². The maximum atomic E-state index is 13.3. The second-order valence-corrected chi connectivity index (χ2v) is 6.52. The first-order valence-electron chi connectivity index (χ1n) is 8.64. The molecule has 0 fully saturated rings. The van der Waals surface area contributed by atoms with E-state index in [1.807, 2.05) is 0 Å². The van der Waals surface area contributed by atoms with Crippen LogP contribution in [0, 0.1) is 17.5 Å².